The fourth-order valence-corrected chi connectivity index (χ4v) is 2.69. The Balaban J connectivity index is 1.62. The van der Waals surface area contributed by atoms with E-state index in [1.54, 1.807) is 24.3 Å². The molecular formula is C22H19ClN2O3. The molecule has 0 unspecified atom stereocenters. The number of halogens is 1. The van der Waals surface area contributed by atoms with Gasteiger partial charge in [0.1, 0.15) is 5.75 Å². The van der Waals surface area contributed by atoms with Crippen LogP contribution in [0.5, 0.6) is 5.75 Å². The summed E-state index contributed by atoms with van der Waals surface area (Å²) in [6.45, 7) is 0.199. The Morgan fingerprint density at radius 1 is 0.893 bits per heavy atom. The summed E-state index contributed by atoms with van der Waals surface area (Å²) in [6.07, 6.45) is 0. The lowest BCUT2D eigenvalue weighted by Gasteiger charge is -2.12. The maximum atomic E-state index is 12.6. The summed E-state index contributed by atoms with van der Waals surface area (Å²) >= 11 is 6.03. The minimum absolute atomic E-state index is 0.208. The SMILES string of the molecule is O=C(COc1ccc(Cl)cc1C(=O)Nc1ccccc1)NCc1ccccc1. The van der Waals surface area contributed by atoms with Gasteiger partial charge in [0.15, 0.2) is 6.61 Å². The summed E-state index contributed by atoms with van der Waals surface area (Å²) in [4.78, 5) is 24.7. The number of ether oxygens (including phenoxy) is 1. The summed E-state index contributed by atoms with van der Waals surface area (Å²) in [7, 11) is 0. The van der Waals surface area contributed by atoms with Crippen LogP contribution in [0.2, 0.25) is 5.02 Å². The van der Waals surface area contributed by atoms with Gasteiger partial charge in [-0.2, -0.15) is 0 Å². The zero-order valence-corrected chi connectivity index (χ0v) is 15.8. The molecule has 0 radical (unpaired) electrons. The van der Waals surface area contributed by atoms with Crippen LogP contribution in [-0.2, 0) is 11.3 Å². The van der Waals surface area contributed by atoms with Gasteiger partial charge < -0.3 is 15.4 Å². The maximum Gasteiger partial charge on any atom is 0.259 e. The van der Waals surface area contributed by atoms with Crippen LogP contribution in [-0.4, -0.2) is 18.4 Å². The third kappa shape index (κ3) is 5.59. The number of hydrogen-bond acceptors (Lipinski definition) is 3. The monoisotopic (exact) mass is 394 g/mol. The molecule has 3 aromatic carbocycles. The van der Waals surface area contributed by atoms with Crippen molar-refractivity contribution in [3.8, 4) is 5.75 Å². The molecule has 28 heavy (non-hydrogen) atoms. The van der Waals surface area contributed by atoms with Crippen LogP contribution in [0.25, 0.3) is 0 Å². The molecular weight excluding hydrogens is 376 g/mol. The Labute approximate surface area is 168 Å². The van der Waals surface area contributed by atoms with E-state index >= 15 is 0 Å². The van der Waals surface area contributed by atoms with Gasteiger partial charge in [-0.1, -0.05) is 60.1 Å². The first kappa shape index (κ1) is 19.5. The van der Waals surface area contributed by atoms with Crippen LogP contribution < -0.4 is 15.4 Å². The second-order valence-electron chi connectivity index (χ2n) is 6.01. The van der Waals surface area contributed by atoms with E-state index in [0.29, 0.717) is 17.3 Å². The highest BCUT2D eigenvalue weighted by molar-refractivity contribution is 6.31. The number of nitrogens with one attached hydrogen (secondary N) is 2. The molecule has 0 aliphatic carbocycles. The van der Waals surface area contributed by atoms with Gasteiger partial charge in [-0.15, -0.1) is 0 Å². The van der Waals surface area contributed by atoms with Crippen LogP contribution in [0.15, 0.2) is 78.9 Å². The van der Waals surface area contributed by atoms with Crippen LogP contribution in [0.4, 0.5) is 5.69 Å². The highest BCUT2D eigenvalue weighted by Gasteiger charge is 2.15. The summed E-state index contributed by atoms with van der Waals surface area (Å²) in [5.74, 6) is -0.366. The number of anilines is 1. The molecule has 0 aliphatic rings. The molecule has 0 heterocycles. The third-order valence-corrected chi connectivity index (χ3v) is 4.14. The Morgan fingerprint density at radius 2 is 1.57 bits per heavy atom. The molecule has 0 bridgehead atoms. The Morgan fingerprint density at radius 3 is 2.29 bits per heavy atom. The van der Waals surface area contributed by atoms with Crippen molar-refractivity contribution in [3.63, 3.8) is 0 Å². The highest BCUT2D eigenvalue weighted by atomic mass is 35.5. The quantitative estimate of drug-likeness (QED) is 0.628. The molecule has 0 atom stereocenters. The van der Waals surface area contributed by atoms with E-state index in [-0.39, 0.29) is 29.7 Å². The molecule has 2 amide bonds. The summed E-state index contributed by atoms with van der Waals surface area (Å²) < 4.78 is 5.57. The van der Waals surface area contributed by atoms with Crippen molar-refractivity contribution in [1.82, 2.24) is 5.32 Å². The molecule has 0 fully saturated rings. The largest absolute Gasteiger partial charge is 0.483 e. The van der Waals surface area contributed by atoms with Gasteiger partial charge in [-0.3, -0.25) is 9.59 Å². The normalized spacial score (nSPS) is 10.2. The number of hydrogen-bond donors (Lipinski definition) is 2. The van der Waals surface area contributed by atoms with Crippen LogP contribution >= 0.6 is 11.6 Å². The Kier molecular flexibility index (Phi) is 6.65. The standard InChI is InChI=1S/C22H19ClN2O3/c23-17-11-12-20(19(13-17)22(27)25-18-9-5-2-6-10-18)28-15-21(26)24-14-16-7-3-1-4-8-16/h1-13H,14-15H2,(H,24,26)(H,25,27). The third-order valence-electron chi connectivity index (χ3n) is 3.91. The number of carbonyl (C=O) groups excluding carboxylic acids is 2. The summed E-state index contributed by atoms with van der Waals surface area (Å²) in [5, 5.41) is 5.96. The van der Waals surface area contributed by atoms with Crippen molar-refractivity contribution in [2.24, 2.45) is 0 Å². The molecule has 2 N–H and O–H groups in total. The topological polar surface area (TPSA) is 67.4 Å². The van der Waals surface area contributed by atoms with E-state index in [4.69, 9.17) is 16.3 Å². The van der Waals surface area contributed by atoms with Crippen molar-refractivity contribution >= 4 is 29.1 Å². The van der Waals surface area contributed by atoms with Gasteiger partial charge in [0.05, 0.1) is 5.56 Å². The van der Waals surface area contributed by atoms with Crippen LogP contribution in [0, 0.1) is 0 Å². The number of rotatable bonds is 7. The summed E-state index contributed by atoms with van der Waals surface area (Å²) in [6, 6.07) is 23.3. The molecule has 5 nitrogen and oxygen atoms in total. The summed E-state index contributed by atoms with van der Waals surface area (Å²) in [5.41, 5.74) is 1.90. The second kappa shape index (κ2) is 9.58. The average molecular weight is 395 g/mol. The molecule has 0 saturated carbocycles. The zero-order chi connectivity index (χ0) is 19.8. The maximum absolute atomic E-state index is 12.6. The van der Waals surface area contributed by atoms with E-state index in [0.717, 1.165) is 5.56 Å². The first-order valence-electron chi connectivity index (χ1n) is 8.71. The van der Waals surface area contributed by atoms with Crippen LogP contribution in [0.1, 0.15) is 15.9 Å². The lowest BCUT2D eigenvalue weighted by atomic mass is 10.2. The van der Waals surface area contributed by atoms with E-state index in [1.165, 1.54) is 6.07 Å². The van der Waals surface area contributed by atoms with E-state index in [1.807, 2.05) is 48.5 Å². The number of benzene rings is 3. The predicted molar refractivity (Wildman–Crippen MR) is 110 cm³/mol. The smallest absolute Gasteiger partial charge is 0.259 e. The second-order valence-corrected chi connectivity index (χ2v) is 6.45. The van der Waals surface area contributed by atoms with Crippen molar-refractivity contribution < 1.29 is 14.3 Å². The molecule has 0 aromatic heterocycles. The van der Waals surface area contributed by atoms with E-state index in [9.17, 15) is 9.59 Å². The molecule has 6 heteroatoms. The van der Waals surface area contributed by atoms with Gasteiger partial charge in [0, 0.05) is 17.3 Å². The Bertz CT molecular complexity index is 947. The number of amides is 2. The van der Waals surface area contributed by atoms with Gasteiger partial charge in [-0.25, -0.2) is 0 Å². The van der Waals surface area contributed by atoms with Crippen LogP contribution in [0.3, 0.4) is 0 Å². The average Bonchev–Trinajstić information content (AvgIpc) is 2.72. The molecule has 3 aromatic rings. The van der Waals surface area contributed by atoms with Gasteiger partial charge in [0.25, 0.3) is 11.8 Å². The molecule has 0 aliphatic heterocycles. The van der Waals surface area contributed by atoms with Gasteiger partial charge in [-0.05, 0) is 35.9 Å². The minimum Gasteiger partial charge on any atom is -0.483 e. The van der Waals surface area contributed by atoms with Crippen molar-refractivity contribution in [1.29, 1.82) is 0 Å². The number of carbonyl (C=O) groups is 2. The molecule has 142 valence electrons. The first-order chi connectivity index (χ1) is 13.6. The minimum atomic E-state index is -0.367. The number of para-hydroxylation sites is 1. The van der Waals surface area contributed by atoms with Gasteiger partial charge in [0.2, 0.25) is 0 Å². The molecule has 0 spiro atoms. The highest BCUT2D eigenvalue weighted by Crippen LogP contribution is 2.24. The van der Waals surface area contributed by atoms with Gasteiger partial charge >= 0.3 is 0 Å². The van der Waals surface area contributed by atoms with Crippen molar-refractivity contribution in [2.75, 3.05) is 11.9 Å². The van der Waals surface area contributed by atoms with Crippen molar-refractivity contribution in [3.05, 3.63) is 95.0 Å². The fraction of sp³-hybridized carbons (Fsp3) is 0.0909. The predicted octanol–water partition coefficient (Wildman–Crippen LogP) is 4.29. The van der Waals surface area contributed by atoms with Crippen molar-refractivity contribution in [2.45, 2.75) is 6.54 Å². The first-order valence-corrected chi connectivity index (χ1v) is 9.09. The fourth-order valence-electron chi connectivity index (χ4n) is 2.52. The lowest BCUT2D eigenvalue weighted by Crippen LogP contribution is -2.28. The Hall–Kier alpha value is -3.31. The lowest BCUT2D eigenvalue weighted by molar-refractivity contribution is -0.123. The zero-order valence-electron chi connectivity index (χ0n) is 15.0. The van der Waals surface area contributed by atoms with E-state index in [2.05, 4.69) is 10.6 Å². The van der Waals surface area contributed by atoms with E-state index < -0.39 is 0 Å². The molecule has 0 saturated heterocycles. The molecule has 3 rings (SSSR count).